The minimum atomic E-state index is 0.0424. The van der Waals surface area contributed by atoms with Crippen LogP contribution < -0.4 is 4.74 Å². The molecule has 0 bridgehead atoms. The van der Waals surface area contributed by atoms with E-state index in [0.717, 1.165) is 23.4 Å². The molecule has 0 aromatic heterocycles. The average molecular weight is 235 g/mol. The summed E-state index contributed by atoms with van der Waals surface area (Å²) in [5.41, 5.74) is 2.03. The zero-order valence-corrected chi connectivity index (χ0v) is 10.5. The van der Waals surface area contributed by atoms with Crippen LogP contribution in [0.4, 0.5) is 0 Å². The fourth-order valence-electron chi connectivity index (χ4n) is 2.26. The summed E-state index contributed by atoms with van der Waals surface area (Å²) >= 11 is 0. The Kier molecular flexibility index (Phi) is 4.40. The molecule has 0 saturated carbocycles. The highest BCUT2D eigenvalue weighted by Gasteiger charge is 2.11. The minimum absolute atomic E-state index is 0.0424. The lowest BCUT2D eigenvalue weighted by Crippen LogP contribution is -2.25. The second-order valence-electron chi connectivity index (χ2n) is 4.67. The molecule has 17 heavy (non-hydrogen) atoms. The third-order valence-electron chi connectivity index (χ3n) is 3.25. The molecule has 3 nitrogen and oxygen atoms in total. The van der Waals surface area contributed by atoms with Crippen LogP contribution in [-0.4, -0.2) is 36.2 Å². The summed E-state index contributed by atoms with van der Waals surface area (Å²) in [6, 6.07) is 5.94. The van der Waals surface area contributed by atoms with Crippen LogP contribution in [-0.2, 0) is 6.61 Å². The predicted octanol–water partition coefficient (Wildman–Crippen LogP) is 1.96. The third-order valence-corrected chi connectivity index (χ3v) is 3.25. The van der Waals surface area contributed by atoms with Crippen molar-refractivity contribution in [3.63, 3.8) is 0 Å². The lowest BCUT2D eigenvalue weighted by molar-refractivity contribution is 0.227. The number of benzene rings is 1. The van der Waals surface area contributed by atoms with Crippen molar-refractivity contribution in [1.82, 2.24) is 4.90 Å². The van der Waals surface area contributed by atoms with E-state index in [-0.39, 0.29) is 6.61 Å². The molecule has 0 unspecified atom stereocenters. The maximum Gasteiger partial charge on any atom is 0.124 e. The van der Waals surface area contributed by atoms with Gasteiger partial charge < -0.3 is 9.84 Å². The number of aryl methyl sites for hydroxylation is 1. The van der Waals surface area contributed by atoms with Crippen molar-refractivity contribution in [3.8, 4) is 5.75 Å². The summed E-state index contributed by atoms with van der Waals surface area (Å²) < 4.78 is 5.74. The number of rotatable bonds is 5. The van der Waals surface area contributed by atoms with Gasteiger partial charge in [0.05, 0.1) is 6.61 Å². The maximum atomic E-state index is 9.26. The molecule has 0 amide bonds. The van der Waals surface area contributed by atoms with Gasteiger partial charge in [-0.2, -0.15) is 0 Å². The van der Waals surface area contributed by atoms with E-state index in [2.05, 4.69) is 4.90 Å². The van der Waals surface area contributed by atoms with Crippen molar-refractivity contribution in [2.24, 2.45) is 0 Å². The monoisotopic (exact) mass is 235 g/mol. The summed E-state index contributed by atoms with van der Waals surface area (Å²) in [4.78, 5) is 2.42. The maximum absolute atomic E-state index is 9.26. The molecule has 1 aliphatic heterocycles. The summed E-state index contributed by atoms with van der Waals surface area (Å²) in [7, 11) is 0. The number of hydrogen-bond donors (Lipinski definition) is 1. The highest BCUT2D eigenvalue weighted by Crippen LogP contribution is 2.20. The van der Waals surface area contributed by atoms with Crippen LogP contribution in [0.1, 0.15) is 24.0 Å². The third kappa shape index (κ3) is 3.45. The number of hydrogen-bond acceptors (Lipinski definition) is 3. The first-order chi connectivity index (χ1) is 8.29. The van der Waals surface area contributed by atoms with Gasteiger partial charge in [0.2, 0.25) is 0 Å². The lowest BCUT2D eigenvalue weighted by atomic mass is 10.1. The van der Waals surface area contributed by atoms with Gasteiger partial charge in [-0.25, -0.2) is 0 Å². The Hall–Kier alpha value is -1.06. The van der Waals surface area contributed by atoms with E-state index in [0.29, 0.717) is 6.61 Å². The highest BCUT2D eigenvalue weighted by molar-refractivity contribution is 5.36. The van der Waals surface area contributed by atoms with E-state index in [1.165, 1.54) is 25.9 Å². The number of nitrogens with zero attached hydrogens (tertiary/aromatic N) is 1. The zero-order chi connectivity index (χ0) is 12.1. The van der Waals surface area contributed by atoms with Gasteiger partial charge in [0.15, 0.2) is 0 Å². The fraction of sp³-hybridized carbons (Fsp3) is 0.571. The molecule has 0 spiro atoms. The molecule has 1 saturated heterocycles. The first kappa shape index (κ1) is 12.4. The van der Waals surface area contributed by atoms with Crippen LogP contribution in [0.25, 0.3) is 0 Å². The minimum Gasteiger partial charge on any atom is -0.492 e. The molecular weight excluding hydrogens is 214 g/mol. The highest BCUT2D eigenvalue weighted by atomic mass is 16.5. The van der Waals surface area contributed by atoms with E-state index >= 15 is 0 Å². The standard InChI is InChI=1S/C14H21NO2/c1-12-4-5-14(13(10-12)11-16)17-9-8-15-6-2-3-7-15/h4-5,10,16H,2-3,6-9,11H2,1H3. The molecule has 2 rings (SSSR count). The van der Waals surface area contributed by atoms with Crippen molar-refractivity contribution in [2.45, 2.75) is 26.4 Å². The summed E-state index contributed by atoms with van der Waals surface area (Å²) in [5, 5.41) is 9.26. The van der Waals surface area contributed by atoms with E-state index < -0.39 is 0 Å². The molecule has 1 aliphatic rings. The normalized spacial score (nSPS) is 16.4. The van der Waals surface area contributed by atoms with E-state index in [4.69, 9.17) is 4.74 Å². The van der Waals surface area contributed by atoms with Crippen molar-refractivity contribution in [2.75, 3.05) is 26.2 Å². The van der Waals surface area contributed by atoms with Crippen molar-refractivity contribution in [1.29, 1.82) is 0 Å². The molecule has 94 valence electrons. The Morgan fingerprint density at radius 3 is 2.76 bits per heavy atom. The molecule has 1 heterocycles. The lowest BCUT2D eigenvalue weighted by Gasteiger charge is -2.16. The number of likely N-dealkylation sites (tertiary alicyclic amines) is 1. The molecule has 1 N–H and O–H groups in total. The van der Waals surface area contributed by atoms with Gasteiger partial charge >= 0.3 is 0 Å². The molecule has 1 fully saturated rings. The van der Waals surface area contributed by atoms with Crippen LogP contribution in [0, 0.1) is 6.92 Å². The summed E-state index contributed by atoms with van der Waals surface area (Å²) in [6.07, 6.45) is 2.62. The first-order valence-corrected chi connectivity index (χ1v) is 6.35. The molecular formula is C14H21NO2. The van der Waals surface area contributed by atoms with Crippen LogP contribution in [0.2, 0.25) is 0 Å². The van der Waals surface area contributed by atoms with E-state index in [1.807, 2.05) is 25.1 Å². The zero-order valence-electron chi connectivity index (χ0n) is 10.5. The Morgan fingerprint density at radius 2 is 2.06 bits per heavy atom. The van der Waals surface area contributed by atoms with Gasteiger partial charge in [-0.05, 0) is 38.9 Å². The summed E-state index contributed by atoms with van der Waals surface area (Å²) in [5.74, 6) is 0.817. The average Bonchev–Trinajstić information content (AvgIpc) is 2.84. The Labute approximate surface area is 103 Å². The van der Waals surface area contributed by atoms with Crippen LogP contribution in [0.5, 0.6) is 5.75 Å². The molecule has 0 radical (unpaired) electrons. The Bertz CT molecular complexity index is 359. The van der Waals surface area contributed by atoms with Gasteiger partial charge in [0.1, 0.15) is 12.4 Å². The molecule has 1 aromatic rings. The quantitative estimate of drug-likeness (QED) is 0.847. The number of aliphatic hydroxyl groups is 1. The second-order valence-corrected chi connectivity index (χ2v) is 4.67. The van der Waals surface area contributed by atoms with Crippen LogP contribution in [0.3, 0.4) is 0 Å². The van der Waals surface area contributed by atoms with E-state index in [9.17, 15) is 5.11 Å². The smallest absolute Gasteiger partial charge is 0.124 e. The van der Waals surface area contributed by atoms with Crippen molar-refractivity contribution < 1.29 is 9.84 Å². The topological polar surface area (TPSA) is 32.7 Å². The molecule has 0 aliphatic carbocycles. The van der Waals surface area contributed by atoms with Crippen molar-refractivity contribution >= 4 is 0 Å². The first-order valence-electron chi connectivity index (χ1n) is 6.35. The summed E-state index contributed by atoms with van der Waals surface area (Å²) in [6.45, 7) is 6.15. The largest absolute Gasteiger partial charge is 0.492 e. The fourth-order valence-corrected chi connectivity index (χ4v) is 2.26. The van der Waals surface area contributed by atoms with Crippen LogP contribution >= 0.6 is 0 Å². The predicted molar refractivity (Wildman–Crippen MR) is 68.3 cm³/mol. The van der Waals surface area contributed by atoms with E-state index in [1.54, 1.807) is 0 Å². The molecule has 3 heteroatoms. The van der Waals surface area contributed by atoms with Gasteiger partial charge in [-0.3, -0.25) is 4.90 Å². The molecule has 0 atom stereocenters. The molecule has 1 aromatic carbocycles. The SMILES string of the molecule is Cc1ccc(OCCN2CCCC2)c(CO)c1. The van der Waals surface area contributed by atoms with Gasteiger partial charge in [-0.15, -0.1) is 0 Å². The van der Waals surface area contributed by atoms with Crippen LogP contribution in [0.15, 0.2) is 18.2 Å². The number of aliphatic hydroxyl groups excluding tert-OH is 1. The van der Waals surface area contributed by atoms with Crippen molar-refractivity contribution in [3.05, 3.63) is 29.3 Å². The number of ether oxygens (including phenoxy) is 1. The van der Waals surface area contributed by atoms with Gasteiger partial charge in [-0.1, -0.05) is 17.7 Å². The van der Waals surface area contributed by atoms with Gasteiger partial charge in [0, 0.05) is 12.1 Å². The second kappa shape index (κ2) is 6.03. The Balaban J connectivity index is 1.85. The van der Waals surface area contributed by atoms with Gasteiger partial charge in [0.25, 0.3) is 0 Å². The Morgan fingerprint density at radius 1 is 1.29 bits per heavy atom.